The van der Waals surface area contributed by atoms with Gasteiger partial charge in [-0.3, -0.25) is 13.9 Å². The second-order valence-corrected chi connectivity index (χ2v) is 13.9. The van der Waals surface area contributed by atoms with Gasteiger partial charge in [-0.1, -0.05) is 62.2 Å². The van der Waals surface area contributed by atoms with Gasteiger partial charge in [-0.15, -0.1) is 11.8 Å². The van der Waals surface area contributed by atoms with E-state index in [1.807, 2.05) is 20.1 Å². The van der Waals surface area contributed by atoms with Crippen LogP contribution in [0.4, 0.5) is 5.69 Å². The number of halogens is 2. The monoisotopic (exact) mass is 679 g/mol. The highest BCUT2D eigenvalue weighted by Crippen LogP contribution is 2.34. The first-order chi connectivity index (χ1) is 20.9. The summed E-state index contributed by atoms with van der Waals surface area (Å²) in [5, 5.41) is 3.56. The van der Waals surface area contributed by atoms with Crippen LogP contribution in [0.1, 0.15) is 39.7 Å². The highest BCUT2D eigenvalue weighted by Gasteiger charge is 2.35. The van der Waals surface area contributed by atoms with E-state index in [2.05, 4.69) is 5.32 Å². The third-order valence-corrected chi connectivity index (χ3v) is 10.0. The fourth-order valence-corrected chi connectivity index (χ4v) is 6.87. The Bertz CT molecular complexity index is 1510. The SMILES string of the molecule is CCOc1ccccc1N(CC(=O)N(Cc1c(Cl)cccc1Cl)[C@H](CC)C(=O)NCC(C)C)S(=O)(=O)c1ccc(SC)cc1. The molecule has 0 aromatic heterocycles. The summed E-state index contributed by atoms with van der Waals surface area (Å²) in [6, 6.07) is 17.2. The number of carbonyl (C=O) groups excluding carboxylic acids is 2. The zero-order valence-corrected chi connectivity index (χ0v) is 28.7. The molecule has 0 radical (unpaired) electrons. The van der Waals surface area contributed by atoms with E-state index in [0.717, 1.165) is 9.20 Å². The average Bonchev–Trinajstić information content (AvgIpc) is 3.00. The summed E-state index contributed by atoms with van der Waals surface area (Å²) in [5.74, 6) is -0.473. The van der Waals surface area contributed by atoms with Crippen molar-refractivity contribution in [1.82, 2.24) is 10.2 Å². The summed E-state index contributed by atoms with van der Waals surface area (Å²) in [5.41, 5.74) is 0.653. The highest BCUT2D eigenvalue weighted by atomic mass is 35.5. The Morgan fingerprint density at radius 1 is 0.955 bits per heavy atom. The standard InChI is InChI=1S/C32H39Cl2N3O5S2/c1-6-28(32(39)35-19-22(3)4)36(20-25-26(33)11-10-12-27(25)34)31(38)21-37(29-13-8-9-14-30(29)42-7-2)44(40,41)24-17-15-23(43-5)16-18-24/h8-18,22,28H,6-7,19-21H2,1-5H3,(H,35,39)/t28-/m1/s1. The number of ether oxygens (including phenoxy) is 1. The Hall–Kier alpha value is -2.92. The molecule has 0 heterocycles. The minimum absolute atomic E-state index is 0.0109. The summed E-state index contributed by atoms with van der Waals surface area (Å²) in [6.45, 7) is 7.51. The van der Waals surface area contributed by atoms with Gasteiger partial charge in [-0.2, -0.15) is 0 Å². The largest absolute Gasteiger partial charge is 0.492 e. The summed E-state index contributed by atoms with van der Waals surface area (Å²) >= 11 is 14.5. The number of anilines is 1. The maximum Gasteiger partial charge on any atom is 0.264 e. The Balaban J connectivity index is 2.14. The van der Waals surface area contributed by atoms with Crippen molar-refractivity contribution in [3.63, 3.8) is 0 Å². The van der Waals surface area contributed by atoms with Crippen LogP contribution in [0.15, 0.2) is 76.5 Å². The molecule has 0 saturated heterocycles. The fraction of sp³-hybridized carbons (Fsp3) is 0.375. The van der Waals surface area contributed by atoms with Crippen LogP contribution in [-0.2, 0) is 26.2 Å². The van der Waals surface area contributed by atoms with E-state index in [1.54, 1.807) is 68.4 Å². The van der Waals surface area contributed by atoms with E-state index in [1.165, 1.54) is 28.8 Å². The molecule has 238 valence electrons. The smallest absolute Gasteiger partial charge is 0.264 e. The molecule has 1 N–H and O–H groups in total. The predicted octanol–water partition coefficient (Wildman–Crippen LogP) is 6.89. The molecule has 3 rings (SSSR count). The lowest BCUT2D eigenvalue weighted by molar-refractivity contribution is -0.140. The van der Waals surface area contributed by atoms with Gasteiger partial charge in [0.2, 0.25) is 11.8 Å². The topological polar surface area (TPSA) is 96.0 Å². The molecule has 8 nitrogen and oxygen atoms in total. The molecule has 0 unspecified atom stereocenters. The Morgan fingerprint density at radius 3 is 2.16 bits per heavy atom. The number of amides is 2. The van der Waals surface area contributed by atoms with Gasteiger partial charge < -0.3 is 15.0 Å². The zero-order chi connectivity index (χ0) is 32.4. The van der Waals surface area contributed by atoms with E-state index in [0.29, 0.717) is 27.9 Å². The van der Waals surface area contributed by atoms with Gasteiger partial charge in [0.25, 0.3) is 10.0 Å². The number of para-hydroxylation sites is 2. The van der Waals surface area contributed by atoms with Crippen molar-refractivity contribution in [2.75, 3.05) is 30.3 Å². The van der Waals surface area contributed by atoms with Crippen LogP contribution in [0, 0.1) is 5.92 Å². The van der Waals surface area contributed by atoms with Gasteiger partial charge in [0.05, 0.1) is 17.2 Å². The van der Waals surface area contributed by atoms with Crippen molar-refractivity contribution in [1.29, 1.82) is 0 Å². The Kier molecular flexibility index (Phi) is 13.3. The van der Waals surface area contributed by atoms with Crippen molar-refractivity contribution in [2.45, 2.75) is 56.5 Å². The van der Waals surface area contributed by atoms with Gasteiger partial charge in [0, 0.05) is 33.6 Å². The summed E-state index contributed by atoms with van der Waals surface area (Å²) in [7, 11) is -4.27. The summed E-state index contributed by atoms with van der Waals surface area (Å²) < 4.78 is 35.3. The van der Waals surface area contributed by atoms with E-state index >= 15 is 0 Å². The van der Waals surface area contributed by atoms with Gasteiger partial charge in [-0.25, -0.2) is 8.42 Å². The van der Waals surface area contributed by atoms with E-state index in [9.17, 15) is 18.0 Å². The van der Waals surface area contributed by atoms with E-state index in [-0.39, 0.29) is 42.0 Å². The number of rotatable bonds is 15. The van der Waals surface area contributed by atoms with Crippen LogP contribution in [0.2, 0.25) is 10.0 Å². The lowest BCUT2D eigenvalue weighted by Gasteiger charge is -2.34. The molecule has 0 aliphatic carbocycles. The van der Waals surface area contributed by atoms with Crippen LogP contribution < -0.4 is 14.4 Å². The molecule has 0 saturated carbocycles. The quantitative estimate of drug-likeness (QED) is 0.176. The molecular formula is C32H39Cl2N3O5S2. The number of nitrogens with zero attached hydrogens (tertiary/aromatic N) is 2. The third-order valence-electron chi connectivity index (χ3n) is 6.82. The summed E-state index contributed by atoms with van der Waals surface area (Å²) in [6.07, 6.45) is 2.17. The van der Waals surface area contributed by atoms with Crippen molar-refractivity contribution in [3.05, 3.63) is 82.3 Å². The van der Waals surface area contributed by atoms with Crippen LogP contribution in [-0.4, -0.2) is 57.1 Å². The Morgan fingerprint density at radius 2 is 1.59 bits per heavy atom. The van der Waals surface area contributed by atoms with Crippen LogP contribution in [0.3, 0.4) is 0 Å². The van der Waals surface area contributed by atoms with Gasteiger partial charge in [-0.05, 0) is 74.0 Å². The van der Waals surface area contributed by atoms with Crippen LogP contribution >= 0.6 is 35.0 Å². The number of carbonyl (C=O) groups is 2. The lowest BCUT2D eigenvalue weighted by atomic mass is 10.1. The number of nitrogens with one attached hydrogen (secondary N) is 1. The second kappa shape index (κ2) is 16.4. The van der Waals surface area contributed by atoms with E-state index in [4.69, 9.17) is 27.9 Å². The number of thioether (sulfide) groups is 1. The average molecular weight is 681 g/mol. The number of hydrogen-bond acceptors (Lipinski definition) is 6. The molecule has 0 spiro atoms. The van der Waals surface area contributed by atoms with Crippen molar-refractivity contribution in [2.24, 2.45) is 5.92 Å². The van der Waals surface area contributed by atoms with Crippen molar-refractivity contribution < 1.29 is 22.7 Å². The molecule has 0 aliphatic rings. The fourth-order valence-electron chi connectivity index (χ4n) is 4.52. The molecule has 3 aromatic carbocycles. The minimum Gasteiger partial charge on any atom is -0.492 e. The molecule has 0 fully saturated rings. The first kappa shape index (κ1) is 35.6. The molecule has 2 amide bonds. The first-order valence-corrected chi connectivity index (χ1v) is 17.7. The van der Waals surface area contributed by atoms with Crippen molar-refractivity contribution in [3.8, 4) is 5.75 Å². The van der Waals surface area contributed by atoms with Gasteiger partial charge in [0.15, 0.2) is 0 Å². The molecule has 3 aromatic rings. The first-order valence-electron chi connectivity index (χ1n) is 14.3. The number of benzene rings is 3. The maximum atomic E-state index is 14.4. The lowest BCUT2D eigenvalue weighted by Crippen LogP contribution is -2.52. The van der Waals surface area contributed by atoms with Gasteiger partial charge >= 0.3 is 0 Å². The maximum absolute atomic E-state index is 14.4. The summed E-state index contributed by atoms with van der Waals surface area (Å²) in [4.78, 5) is 30.0. The molecule has 0 aliphatic heterocycles. The van der Waals surface area contributed by atoms with Crippen LogP contribution in [0.5, 0.6) is 5.75 Å². The third kappa shape index (κ3) is 8.84. The molecule has 12 heteroatoms. The number of sulfonamides is 1. The van der Waals surface area contributed by atoms with Crippen molar-refractivity contribution >= 4 is 62.5 Å². The minimum atomic E-state index is -4.27. The van der Waals surface area contributed by atoms with Gasteiger partial charge in [0.1, 0.15) is 18.3 Å². The van der Waals surface area contributed by atoms with E-state index < -0.39 is 28.5 Å². The zero-order valence-electron chi connectivity index (χ0n) is 25.5. The normalized spacial score (nSPS) is 12.1. The molecular weight excluding hydrogens is 641 g/mol. The Labute approximate surface area is 275 Å². The molecule has 44 heavy (non-hydrogen) atoms. The predicted molar refractivity (Wildman–Crippen MR) is 179 cm³/mol. The van der Waals surface area contributed by atoms with Crippen LogP contribution in [0.25, 0.3) is 0 Å². The highest BCUT2D eigenvalue weighted by molar-refractivity contribution is 7.98. The second-order valence-electron chi connectivity index (χ2n) is 10.4. The number of hydrogen-bond donors (Lipinski definition) is 1. The molecule has 0 bridgehead atoms. The molecule has 1 atom stereocenters.